The number of para-hydroxylation sites is 2. The normalized spacial score (nSPS) is 14.5. The van der Waals surface area contributed by atoms with Crippen molar-refractivity contribution in [1.82, 2.24) is 0 Å². The molecule has 25 heavy (non-hydrogen) atoms. The molecule has 0 aliphatic carbocycles. The summed E-state index contributed by atoms with van der Waals surface area (Å²) in [5.41, 5.74) is 2.60. The minimum absolute atomic E-state index is 0. The van der Waals surface area contributed by atoms with E-state index in [-0.39, 0.29) is 22.5 Å². The van der Waals surface area contributed by atoms with Gasteiger partial charge in [0.25, 0.3) is 0 Å². The van der Waals surface area contributed by atoms with Crippen LogP contribution in [0, 0.1) is 0 Å². The number of benzene rings is 2. The molecular weight excluding hydrogens is 386 g/mol. The highest BCUT2D eigenvalue weighted by Crippen LogP contribution is 2.38. The van der Waals surface area contributed by atoms with E-state index in [0.29, 0.717) is 18.9 Å². The van der Waals surface area contributed by atoms with Crippen LogP contribution in [-0.4, -0.2) is 43.3 Å². The highest BCUT2D eigenvalue weighted by atomic mass is 79.9. The Morgan fingerprint density at radius 3 is 2.56 bits per heavy atom. The molecule has 0 radical (unpaired) electrons. The number of aromatic carboxylic acids is 1. The molecule has 7 heteroatoms. The lowest BCUT2D eigenvalue weighted by Crippen LogP contribution is -2.37. The van der Waals surface area contributed by atoms with Gasteiger partial charge in [-0.15, -0.1) is 17.0 Å². The van der Waals surface area contributed by atoms with Crippen LogP contribution in [0.1, 0.15) is 10.4 Å². The molecule has 4 rings (SSSR count). The number of anilines is 2. The number of halogens is 1. The van der Waals surface area contributed by atoms with Gasteiger partial charge in [0.2, 0.25) is 5.96 Å². The molecule has 0 amide bonds. The average Bonchev–Trinajstić information content (AvgIpc) is 3.18. The molecule has 0 bridgehead atoms. The van der Waals surface area contributed by atoms with Crippen molar-refractivity contribution in [3.8, 4) is 5.75 Å². The molecule has 0 fully saturated rings. The average molecular weight is 404 g/mol. The van der Waals surface area contributed by atoms with Crippen LogP contribution in [0.3, 0.4) is 0 Å². The van der Waals surface area contributed by atoms with Crippen LogP contribution in [0.5, 0.6) is 5.75 Å². The molecule has 0 aromatic heterocycles. The molecule has 130 valence electrons. The molecule has 2 aromatic rings. The number of aliphatic imine (C=N–C) groups is 1. The molecule has 0 atom stereocenters. The fraction of sp³-hybridized carbons (Fsp3) is 0.222. The van der Waals surface area contributed by atoms with Crippen LogP contribution in [-0.2, 0) is 0 Å². The van der Waals surface area contributed by atoms with Crippen LogP contribution in [0.4, 0.5) is 11.4 Å². The third-order valence-electron chi connectivity index (χ3n) is 4.21. The van der Waals surface area contributed by atoms with Gasteiger partial charge in [0.15, 0.2) is 0 Å². The molecule has 2 aromatic carbocycles. The fourth-order valence-corrected chi connectivity index (χ4v) is 3.09. The topological polar surface area (TPSA) is 65.4 Å². The van der Waals surface area contributed by atoms with E-state index in [1.807, 2.05) is 12.1 Å². The number of carboxylic acid groups (broad SMARTS) is 1. The lowest BCUT2D eigenvalue weighted by molar-refractivity contribution is 0.0697. The zero-order valence-electron chi connectivity index (χ0n) is 13.5. The summed E-state index contributed by atoms with van der Waals surface area (Å²) >= 11 is 0. The van der Waals surface area contributed by atoms with Crippen molar-refractivity contribution in [3.05, 3.63) is 54.1 Å². The van der Waals surface area contributed by atoms with E-state index in [2.05, 4.69) is 26.9 Å². The van der Waals surface area contributed by atoms with Gasteiger partial charge in [0.05, 0.1) is 30.0 Å². The summed E-state index contributed by atoms with van der Waals surface area (Å²) in [6, 6.07) is 14.7. The van der Waals surface area contributed by atoms with Gasteiger partial charge in [-0.2, -0.15) is 0 Å². The second-order valence-electron chi connectivity index (χ2n) is 5.65. The number of rotatable bonds is 5. The summed E-state index contributed by atoms with van der Waals surface area (Å²) in [5, 5.41) is 8.91. The minimum atomic E-state index is -0.936. The number of carboxylic acids is 1. The number of ether oxygens (including phenoxy) is 1. The number of hydrogen-bond acceptors (Lipinski definition) is 5. The summed E-state index contributed by atoms with van der Waals surface area (Å²) in [5.74, 6) is 0.716. The number of carbonyl (C=O) groups is 1. The molecular formula is C18H18BrN3O3. The first-order valence-corrected chi connectivity index (χ1v) is 7.89. The summed E-state index contributed by atoms with van der Waals surface area (Å²) in [6.07, 6.45) is 0. The zero-order valence-corrected chi connectivity index (χ0v) is 15.2. The number of fused-ring (bicyclic) bond motifs is 3. The maximum absolute atomic E-state index is 10.9. The van der Waals surface area contributed by atoms with Gasteiger partial charge in [-0.05, 0) is 36.4 Å². The first-order chi connectivity index (χ1) is 11.7. The van der Waals surface area contributed by atoms with Gasteiger partial charge in [0, 0.05) is 6.54 Å². The van der Waals surface area contributed by atoms with Crippen molar-refractivity contribution in [2.24, 2.45) is 4.99 Å². The van der Waals surface area contributed by atoms with Crippen molar-refractivity contribution in [1.29, 1.82) is 0 Å². The third kappa shape index (κ3) is 3.19. The van der Waals surface area contributed by atoms with Crippen molar-refractivity contribution >= 4 is 40.3 Å². The Bertz CT molecular complexity index is 807. The number of guanidine groups is 1. The minimum Gasteiger partial charge on any atom is -0.492 e. The third-order valence-corrected chi connectivity index (χ3v) is 4.21. The predicted molar refractivity (Wildman–Crippen MR) is 103 cm³/mol. The van der Waals surface area contributed by atoms with Crippen LogP contribution in [0.15, 0.2) is 53.5 Å². The molecule has 0 saturated carbocycles. The van der Waals surface area contributed by atoms with E-state index < -0.39 is 5.97 Å². The quantitative estimate of drug-likeness (QED) is 0.830. The Morgan fingerprint density at radius 1 is 1.12 bits per heavy atom. The Labute approximate surface area is 156 Å². The predicted octanol–water partition coefficient (Wildman–Crippen LogP) is 3.04. The monoisotopic (exact) mass is 403 g/mol. The molecule has 0 unspecified atom stereocenters. The Morgan fingerprint density at radius 2 is 1.84 bits per heavy atom. The van der Waals surface area contributed by atoms with Crippen LogP contribution in [0.2, 0.25) is 0 Å². The molecule has 0 spiro atoms. The van der Waals surface area contributed by atoms with Crippen molar-refractivity contribution in [2.75, 3.05) is 36.0 Å². The summed E-state index contributed by atoms with van der Waals surface area (Å²) in [7, 11) is 0. The lowest BCUT2D eigenvalue weighted by atomic mass is 10.2. The van der Waals surface area contributed by atoms with Crippen molar-refractivity contribution < 1.29 is 14.6 Å². The second-order valence-corrected chi connectivity index (χ2v) is 5.65. The van der Waals surface area contributed by atoms with Crippen molar-refractivity contribution in [2.45, 2.75) is 0 Å². The number of hydrogen-bond donors (Lipinski definition) is 1. The Hall–Kier alpha value is -2.54. The molecule has 2 aliphatic heterocycles. The summed E-state index contributed by atoms with van der Waals surface area (Å²) in [4.78, 5) is 19.9. The second kappa shape index (κ2) is 7.14. The van der Waals surface area contributed by atoms with Crippen LogP contribution in [0.25, 0.3) is 0 Å². The van der Waals surface area contributed by atoms with Crippen LogP contribution >= 0.6 is 17.0 Å². The Kier molecular flexibility index (Phi) is 4.94. The van der Waals surface area contributed by atoms with Gasteiger partial charge in [0.1, 0.15) is 12.4 Å². The Balaban J connectivity index is 0.00000182. The van der Waals surface area contributed by atoms with E-state index in [1.54, 1.807) is 24.3 Å². The summed E-state index contributed by atoms with van der Waals surface area (Å²) in [6.45, 7) is 2.92. The van der Waals surface area contributed by atoms with Gasteiger partial charge in [-0.25, -0.2) is 4.79 Å². The maximum Gasteiger partial charge on any atom is 0.335 e. The molecule has 6 nitrogen and oxygen atoms in total. The first-order valence-electron chi connectivity index (χ1n) is 7.89. The molecule has 1 N–H and O–H groups in total. The standard InChI is InChI=1S/C18H17N3O3.BrH/c22-17(23)13-5-7-14(8-6-13)24-12-11-21-16-4-2-1-3-15(16)20-10-9-19-18(20)21;/h1-8H,9-12H2,(H,22,23);1H. The van der Waals surface area contributed by atoms with Gasteiger partial charge in [-0.1, -0.05) is 12.1 Å². The van der Waals surface area contributed by atoms with Crippen LogP contribution < -0.4 is 14.5 Å². The molecule has 0 saturated heterocycles. The smallest absolute Gasteiger partial charge is 0.335 e. The van der Waals surface area contributed by atoms with E-state index in [9.17, 15) is 4.79 Å². The van der Waals surface area contributed by atoms with E-state index >= 15 is 0 Å². The zero-order chi connectivity index (χ0) is 16.5. The van der Waals surface area contributed by atoms with Crippen molar-refractivity contribution in [3.63, 3.8) is 0 Å². The SMILES string of the molecule is Br.O=C(O)c1ccc(OCCN2C3=NCCN3c3ccccc32)cc1. The van der Waals surface area contributed by atoms with E-state index in [0.717, 1.165) is 24.7 Å². The maximum atomic E-state index is 10.9. The largest absolute Gasteiger partial charge is 0.492 e. The summed E-state index contributed by atoms with van der Waals surface area (Å²) < 4.78 is 5.76. The molecule has 2 aliphatic rings. The fourth-order valence-electron chi connectivity index (χ4n) is 3.09. The van der Waals surface area contributed by atoms with Gasteiger partial charge >= 0.3 is 5.97 Å². The number of nitrogens with zero attached hydrogens (tertiary/aromatic N) is 3. The van der Waals surface area contributed by atoms with E-state index in [1.165, 1.54) is 5.69 Å². The van der Waals surface area contributed by atoms with E-state index in [4.69, 9.17) is 9.84 Å². The first kappa shape index (κ1) is 17.3. The van der Waals surface area contributed by atoms with Gasteiger partial charge in [-0.3, -0.25) is 4.99 Å². The van der Waals surface area contributed by atoms with Gasteiger partial charge < -0.3 is 19.6 Å². The highest BCUT2D eigenvalue weighted by Gasteiger charge is 2.34. The lowest BCUT2D eigenvalue weighted by Gasteiger charge is -2.19. The highest BCUT2D eigenvalue weighted by molar-refractivity contribution is 8.93. The molecule has 2 heterocycles.